The van der Waals surface area contributed by atoms with Gasteiger partial charge in [0, 0.05) is 5.69 Å². The molecule has 1 aromatic carbocycles. The molecular formula is C13H15NO2. The molecule has 2 N–H and O–H groups in total. The number of rotatable bonds is 4. The predicted octanol–water partition coefficient (Wildman–Crippen LogP) is 2.69. The van der Waals surface area contributed by atoms with Crippen LogP contribution in [0.3, 0.4) is 0 Å². The molecule has 0 saturated heterocycles. The molecule has 84 valence electrons. The van der Waals surface area contributed by atoms with Crippen molar-refractivity contribution in [2.45, 2.75) is 20.1 Å². The maximum absolute atomic E-state index is 8.87. The van der Waals surface area contributed by atoms with Gasteiger partial charge in [-0.15, -0.1) is 0 Å². The zero-order valence-corrected chi connectivity index (χ0v) is 9.23. The van der Waals surface area contributed by atoms with Crippen LogP contribution >= 0.6 is 0 Å². The molecule has 0 aliphatic heterocycles. The van der Waals surface area contributed by atoms with Crippen molar-refractivity contribution in [1.29, 1.82) is 0 Å². The van der Waals surface area contributed by atoms with Crippen LogP contribution in [0.15, 0.2) is 40.8 Å². The Morgan fingerprint density at radius 3 is 2.56 bits per heavy atom. The number of aliphatic hydroxyl groups excluding tert-OH is 1. The summed E-state index contributed by atoms with van der Waals surface area (Å²) in [4.78, 5) is 0. The van der Waals surface area contributed by atoms with Crippen LogP contribution < -0.4 is 5.32 Å². The van der Waals surface area contributed by atoms with Crippen LogP contribution in [0.2, 0.25) is 0 Å². The lowest BCUT2D eigenvalue weighted by atomic mass is 10.2. The summed E-state index contributed by atoms with van der Waals surface area (Å²) in [7, 11) is 0. The molecule has 3 heteroatoms. The van der Waals surface area contributed by atoms with Gasteiger partial charge < -0.3 is 14.8 Å². The zero-order valence-electron chi connectivity index (χ0n) is 9.23. The van der Waals surface area contributed by atoms with Gasteiger partial charge in [0.05, 0.1) is 6.54 Å². The Hall–Kier alpha value is -1.74. The van der Waals surface area contributed by atoms with Crippen molar-refractivity contribution >= 4 is 5.69 Å². The minimum absolute atomic E-state index is 0.0512. The van der Waals surface area contributed by atoms with E-state index in [9.17, 15) is 0 Å². The van der Waals surface area contributed by atoms with Gasteiger partial charge in [0.15, 0.2) is 0 Å². The van der Waals surface area contributed by atoms with Gasteiger partial charge in [0.25, 0.3) is 0 Å². The highest BCUT2D eigenvalue weighted by atomic mass is 16.4. The van der Waals surface area contributed by atoms with E-state index in [1.807, 2.05) is 24.3 Å². The normalized spacial score (nSPS) is 10.4. The highest BCUT2D eigenvalue weighted by Gasteiger charge is 2.01. The van der Waals surface area contributed by atoms with Crippen molar-refractivity contribution in [2.24, 2.45) is 0 Å². The Labute approximate surface area is 94.7 Å². The first-order valence-corrected chi connectivity index (χ1v) is 5.27. The minimum atomic E-state index is -0.0512. The third-order valence-corrected chi connectivity index (χ3v) is 2.47. The maximum Gasteiger partial charge on any atom is 0.129 e. The van der Waals surface area contributed by atoms with E-state index in [-0.39, 0.29) is 6.61 Å². The van der Waals surface area contributed by atoms with Crippen LogP contribution in [0.1, 0.15) is 17.1 Å². The van der Waals surface area contributed by atoms with E-state index in [0.717, 1.165) is 11.4 Å². The van der Waals surface area contributed by atoms with Crippen LogP contribution in [0.4, 0.5) is 5.69 Å². The molecule has 16 heavy (non-hydrogen) atoms. The lowest BCUT2D eigenvalue weighted by molar-refractivity contribution is 0.244. The Kier molecular flexibility index (Phi) is 3.27. The average Bonchev–Trinajstić information content (AvgIpc) is 2.76. The van der Waals surface area contributed by atoms with Crippen LogP contribution in [0.25, 0.3) is 0 Å². The molecule has 0 aliphatic carbocycles. The standard InChI is InChI=1S/C13H15NO2/c1-10-4-2-3-5-13(10)14-8-11-6-7-12(9-15)16-11/h2-7,14-15H,8-9H2,1H3. The summed E-state index contributed by atoms with van der Waals surface area (Å²) in [6.45, 7) is 2.64. The number of nitrogens with one attached hydrogen (secondary N) is 1. The van der Waals surface area contributed by atoms with Gasteiger partial charge in [-0.25, -0.2) is 0 Å². The molecule has 0 saturated carbocycles. The minimum Gasteiger partial charge on any atom is -0.462 e. The molecule has 0 amide bonds. The average molecular weight is 217 g/mol. The third-order valence-electron chi connectivity index (χ3n) is 2.47. The second-order valence-corrected chi connectivity index (χ2v) is 3.69. The van der Waals surface area contributed by atoms with Crippen molar-refractivity contribution < 1.29 is 9.52 Å². The van der Waals surface area contributed by atoms with Gasteiger partial charge in [-0.05, 0) is 30.7 Å². The molecule has 0 unspecified atom stereocenters. The molecule has 0 aliphatic rings. The first kappa shape index (κ1) is 10.8. The molecule has 1 aromatic heterocycles. The number of anilines is 1. The zero-order chi connectivity index (χ0) is 11.4. The Morgan fingerprint density at radius 2 is 1.88 bits per heavy atom. The Morgan fingerprint density at radius 1 is 1.12 bits per heavy atom. The predicted molar refractivity (Wildman–Crippen MR) is 63.1 cm³/mol. The number of aliphatic hydroxyl groups is 1. The maximum atomic E-state index is 8.87. The van der Waals surface area contributed by atoms with E-state index in [1.165, 1.54) is 5.56 Å². The summed E-state index contributed by atoms with van der Waals surface area (Å²) in [6, 6.07) is 11.8. The molecule has 0 spiro atoms. The van der Waals surface area contributed by atoms with Crippen molar-refractivity contribution in [1.82, 2.24) is 0 Å². The molecule has 1 heterocycles. The summed E-state index contributed by atoms with van der Waals surface area (Å²) in [5.41, 5.74) is 2.31. The highest BCUT2D eigenvalue weighted by molar-refractivity contribution is 5.50. The molecular weight excluding hydrogens is 202 g/mol. The number of benzene rings is 1. The summed E-state index contributed by atoms with van der Waals surface area (Å²) in [5.74, 6) is 1.42. The van der Waals surface area contributed by atoms with E-state index in [4.69, 9.17) is 9.52 Å². The van der Waals surface area contributed by atoms with Gasteiger partial charge in [-0.1, -0.05) is 18.2 Å². The molecule has 0 fully saturated rings. The summed E-state index contributed by atoms with van der Waals surface area (Å²) < 4.78 is 5.38. The fourth-order valence-electron chi connectivity index (χ4n) is 1.56. The SMILES string of the molecule is Cc1ccccc1NCc1ccc(CO)o1. The number of hydrogen-bond acceptors (Lipinski definition) is 3. The quantitative estimate of drug-likeness (QED) is 0.827. The Bertz CT molecular complexity index is 462. The monoisotopic (exact) mass is 217 g/mol. The van der Waals surface area contributed by atoms with E-state index >= 15 is 0 Å². The van der Waals surface area contributed by atoms with E-state index < -0.39 is 0 Å². The van der Waals surface area contributed by atoms with E-state index in [0.29, 0.717) is 12.3 Å². The van der Waals surface area contributed by atoms with Crippen molar-refractivity contribution in [2.75, 3.05) is 5.32 Å². The lowest BCUT2D eigenvalue weighted by Gasteiger charge is -2.07. The summed E-state index contributed by atoms with van der Waals surface area (Å²) >= 11 is 0. The van der Waals surface area contributed by atoms with Crippen molar-refractivity contribution in [3.63, 3.8) is 0 Å². The summed E-state index contributed by atoms with van der Waals surface area (Å²) in [6.07, 6.45) is 0. The van der Waals surface area contributed by atoms with Gasteiger partial charge >= 0.3 is 0 Å². The number of furan rings is 1. The molecule has 0 radical (unpaired) electrons. The first-order valence-electron chi connectivity index (χ1n) is 5.27. The van der Waals surface area contributed by atoms with Gasteiger partial charge in [0.2, 0.25) is 0 Å². The van der Waals surface area contributed by atoms with Crippen LogP contribution in [-0.4, -0.2) is 5.11 Å². The lowest BCUT2D eigenvalue weighted by Crippen LogP contribution is -1.99. The fraction of sp³-hybridized carbons (Fsp3) is 0.231. The largest absolute Gasteiger partial charge is 0.462 e. The molecule has 2 rings (SSSR count). The van der Waals surface area contributed by atoms with Gasteiger partial charge in [-0.2, -0.15) is 0 Å². The number of hydrogen-bond donors (Lipinski definition) is 2. The Balaban J connectivity index is 1.99. The number of aryl methyl sites for hydroxylation is 1. The fourth-order valence-corrected chi connectivity index (χ4v) is 1.56. The first-order chi connectivity index (χ1) is 7.79. The van der Waals surface area contributed by atoms with Crippen LogP contribution in [0.5, 0.6) is 0 Å². The smallest absolute Gasteiger partial charge is 0.129 e. The van der Waals surface area contributed by atoms with Gasteiger partial charge in [0.1, 0.15) is 18.1 Å². The van der Waals surface area contributed by atoms with Crippen molar-refractivity contribution in [3.05, 3.63) is 53.5 Å². The summed E-state index contributed by atoms with van der Waals surface area (Å²) in [5, 5.41) is 12.2. The van der Waals surface area contributed by atoms with Crippen LogP contribution in [0, 0.1) is 6.92 Å². The second kappa shape index (κ2) is 4.86. The molecule has 0 atom stereocenters. The molecule has 2 aromatic rings. The van der Waals surface area contributed by atoms with E-state index in [2.05, 4.69) is 18.3 Å². The van der Waals surface area contributed by atoms with Gasteiger partial charge in [-0.3, -0.25) is 0 Å². The van der Waals surface area contributed by atoms with Crippen LogP contribution in [-0.2, 0) is 13.2 Å². The molecule has 0 bridgehead atoms. The topological polar surface area (TPSA) is 45.4 Å². The number of para-hydroxylation sites is 1. The second-order valence-electron chi connectivity index (χ2n) is 3.69. The molecule has 3 nitrogen and oxygen atoms in total. The third kappa shape index (κ3) is 2.44. The highest BCUT2D eigenvalue weighted by Crippen LogP contribution is 2.15. The van der Waals surface area contributed by atoms with Crippen molar-refractivity contribution in [3.8, 4) is 0 Å². The van der Waals surface area contributed by atoms with E-state index in [1.54, 1.807) is 6.07 Å².